The predicted molar refractivity (Wildman–Crippen MR) is 74.7 cm³/mol. The smallest absolute Gasteiger partial charge is 0.320 e. The van der Waals surface area contributed by atoms with E-state index in [1.165, 1.54) is 0 Å². The summed E-state index contributed by atoms with van der Waals surface area (Å²) in [6, 6.07) is 0.286. The molecular weight excluding hydrogens is 242 g/mol. The molecule has 0 aromatic carbocycles. The number of ether oxygens (including phenoxy) is 1. The minimum Gasteiger partial charge on any atom is -0.465 e. The van der Waals surface area contributed by atoms with Gasteiger partial charge < -0.3 is 9.30 Å². The average molecular weight is 267 g/mol. The van der Waals surface area contributed by atoms with Gasteiger partial charge in [-0.3, -0.25) is 9.69 Å². The Bertz CT molecular complexity index is 388. The van der Waals surface area contributed by atoms with Crippen LogP contribution in [0.4, 0.5) is 0 Å². The van der Waals surface area contributed by atoms with Crippen molar-refractivity contribution in [2.45, 2.75) is 53.2 Å². The molecular formula is C14H25N3O2. The molecule has 5 nitrogen and oxygen atoms in total. The van der Waals surface area contributed by atoms with Gasteiger partial charge in [0.05, 0.1) is 25.2 Å². The van der Waals surface area contributed by atoms with Gasteiger partial charge in [-0.2, -0.15) is 0 Å². The van der Waals surface area contributed by atoms with Crippen molar-refractivity contribution in [3.63, 3.8) is 0 Å². The molecule has 0 aliphatic heterocycles. The van der Waals surface area contributed by atoms with Crippen LogP contribution in [0.5, 0.6) is 0 Å². The average Bonchev–Trinajstić information content (AvgIpc) is 2.76. The summed E-state index contributed by atoms with van der Waals surface area (Å²) < 4.78 is 7.16. The molecule has 0 fully saturated rings. The fourth-order valence-electron chi connectivity index (χ4n) is 1.92. The summed E-state index contributed by atoms with van der Waals surface area (Å²) in [5.41, 5.74) is 1.14. The number of nitrogens with zero attached hydrogens (tertiary/aromatic N) is 3. The van der Waals surface area contributed by atoms with Crippen LogP contribution in [0.3, 0.4) is 0 Å². The summed E-state index contributed by atoms with van der Waals surface area (Å²) in [4.78, 5) is 17.9. The normalized spacial score (nSPS) is 11.3. The fourth-order valence-corrected chi connectivity index (χ4v) is 1.92. The van der Waals surface area contributed by atoms with Crippen LogP contribution in [0.25, 0.3) is 0 Å². The minimum absolute atomic E-state index is 0.169. The Kier molecular flexibility index (Phi) is 6.56. The third-order valence-electron chi connectivity index (χ3n) is 3.00. The van der Waals surface area contributed by atoms with E-state index in [0.717, 1.165) is 25.2 Å². The quantitative estimate of drug-likeness (QED) is 0.676. The molecule has 0 saturated carbocycles. The van der Waals surface area contributed by atoms with Crippen LogP contribution in [0, 0.1) is 0 Å². The number of aryl methyl sites for hydroxylation is 1. The summed E-state index contributed by atoms with van der Waals surface area (Å²) in [6.07, 6.45) is 4.79. The maximum absolute atomic E-state index is 11.6. The Morgan fingerprint density at radius 3 is 2.79 bits per heavy atom. The van der Waals surface area contributed by atoms with Gasteiger partial charge in [-0.05, 0) is 27.2 Å². The van der Waals surface area contributed by atoms with Crippen molar-refractivity contribution in [1.29, 1.82) is 0 Å². The zero-order valence-corrected chi connectivity index (χ0v) is 12.4. The van der Waals surface area contributed by atoms with E-state index >= 15 is 0 Å². The molecule has 1 aromatic heterocycles. The summed E-state index contributed by atoms with van der Waals surface area (Å²) in [7, 11) is 0. The Morgan fingerprint density at radius 2 is 2.21 bits per heavy atom. The molecule has 1 aromatic rings. The van der Waals surface area contributed by atoms with Crippen molar-refractivity contribution in [3.8, 4) is 0 Å². The predicted octanol–water partition coefficient (Wildman–Crippen LogP) is 2.07. The first-order chi connectivity index (χ1) is 9.08. The topological polar surface area (TPSA) is 47.4 Å². The van der Waals surface area contributed by atoms with Gasteiger partial charge >= 0.3 is 5.97 Å². The lowest BCUT2D eigenvalue weighted by Gasteiger charge is -2.25. The Morgan fingerprint density at radius 1 is 1.47 bits per heavy atom. The van der Waals surface area contributed by atoms with E-state index in [-0.39, 0.29) is 12.0 Å². The van der Waals surface area contributed by atoms with Gasteiger partial charge in [-0.25, -0.2) is 4.98 Å². The second-order valence-electron chi connectivity index (χ2n) is 4.88. The fraction of sp³-hybridized carbons (Fsp3) is 0.714. The lowest BCUT2D eigenvalue weighted by atomic mass is 10.3. The van der Waals surface area contributed by atoms with Crippen molar-refractivity contribution in [2.24, 2.45) is 0 Å². The number of esters is 1. The molecule has 0 unspecified atom stereocenters. The third-order valence-corrected chi connectivity index (χ3v) is 3.00. The maximum atomic E-state index is 11.6. The zero-order valence-electron chi connectivity index (χ0n) is 12.4. The number of aromatic nitrogens is 2. The Balaban J connectivity index is 2.67. The van der Waals surface area contributed by atoms with E-state index in [1.807, 2.05) is 19.4 Å². The van der Waals surface area contributed by atoms with E-state index in [2.05, 4.69) is 35.2 Å². The molecule has 0 amide bonds. The van der Waals surface area contributed by atoms with Crippen LogP contribution in [-0.4, -0.2) is 39.6 Å². The van der Waals surface area contributed by atoms with Gasteiger partial charge in [-0.15, -0.1) is 0 Å². The summed E-state index contributed by atoms with van der Waals surface area (Å²) in [5.74, 6) is -0.169. The molecule has 0 aliphatic carbocycles. The van der Waals surface area contributed by atoms with E-state index in [9.17, 15) is 4.79 Å². The van der Waals surface area contributed by atoms with Gasteiger partial charge in [0.1, 0.15) is 0 Å². The monoisotopic (exact) mass is 267 g/mol. The molecule has 1 heterocycles. The Hall–Kier alpha value is -1.36. The molecule has 0 bridgehead atoms. The highest BCUT2D eigenvalue weighted by molar-refractivity contribution is 5.71. The van der Waals surface area contributed by atoms with Crippen LogP contribution in [-0.2, 0) is 22.6 Å². The van der Waals surface area contributed by atoms with Crippen molar-refractivity contribution >= 4 is 5.97 Å². The second-order valence-corrected chi connectivity index (χ2v) is 4.88. The molecule has 0 saturated heterocycles. The van der Waals surface area contributed by atoms with Crippen LogP contribution in [0.1, 0.15) is 39.8 Å². The number of carbonyl (C=O) groups is 1. The van der Waals surface area contributed by atoms with E-state index in [1.54, 1.807) is 0 Å². The van der Waals surface area contributed by atoms with Crippen LogP contribution in [0.2, 0.25) is 0 Å². The zero-order chi connectivity index (χ0) is 14.3. The van der Waals surface area contributed by atoms with E-state index in [0.29, 0.717) is 13.2 Å². The number of hydrogen-bond acceptors (Lipinski definition) is 4. The maximum Gasteiger partial charge on any atom is 0.320 e. The first-order valence-corrected chi connectivity index (χ1v) is 6.97. The molecule has 0 radical (unpaired) electrons. The Labute approximate surface area is 115 Å². The minimum atomic E-state index is -0.169. The summed E-state index contributed by atoms with van der Waals surface area (Å²) in [5, 5.41) is 0. The van der Waals surface area contributed by atoms with Crippen molar-refractivity contribution in [2.75, 3.05) is 13.2 Å². The number of imidazole rings is 1. The lowest BCUT2D eigenvalue weighted by Crippen LogP contribution is -2.36. The third kappa shape index (κ3) is 5.03. The molecule has 0 atom stereocenters. The lowest BCUT2D eigenvalue weighted by molar-refractivity contribution is -0.145. The highest BCUT2D eigenvalue weighted by atomic mass is 16.5. The van der Waals surface area contributed by atoms with Gasteiger partial charge in [-0.1, -0.05) is 6.92 Å². The van der Waals surface area contributed by atoms with Gasteiger partial charge in [0, 0.05) is 25.3 Å². The molecule has 0 spiro atoms. The first kappa shape index (κ1) is 15.7. The number of rotatable bonds is 8. The largest absolute Gasteiger partial charge is 0.465 e. The molecule has 1 rings (SSSR count). The molecule has 19 heavy (non-hydrogen) atoms. The van der Waals surface area contributed by atoms with Crippen molar-refractivity contribution in [1.82, 2.24) is 14.5 Å². The molecule has 0 aliphatic rings. The van der Waals surface area contributed by atoms with E-state index in [4.69, 9.17) is 4.74 Å². The van der Waals surface area contributed by atoms with Crippen LogP contribution in [0.15, 0.2) is 12.5 Å². The van der Waals surface area contributed by atoms with Crippen molar-refractivity contribution in [3.05, 3.63) is 18.2 Å². The van der Waals surface area contributed by atoms with Gasteiger partial charge in [0.2, 0.25) is 0 Å². The van der Waals surface area contributed by atoms with E-state index < -0.39 is 0 Å². The summed E-state index contributed by atoms with van der Waals surface area (Å²) >= 11 is 0. The van der Waals surface area contributed by atoms with Crippen molar-refractivity contribution < 1.29 is 9.53 Å². The second kappa shape index (κ2) is 7.94. The van der Waals surface area contributed by atoms with Crippen LogP contribution < -0.4 is 0 Å². The molecule has 5 heteroatoms. The highest BCUT2D eigenvalue weighted by Gasteiger charge is 2.16. The highest BCUT2D eigenvalue weighted by Crippen LogP contribution is 2.09. The molecule has 108 valence electrons. The number of hydrogen-bond donors (Lipinski definition) is 0. The van der Waals surface area contributed by atoms with Crippen LogP contribution >= 0.6 is 0 Å². The SMILES string of the molecule is CCCn1cncc1CN(CC(=O)OCC)C(C)C. The van der Waals surface area contributed by atoms with Gasteiger partial charge in [0.25, 0.3) is 0 Å². The summed E-state index contributed by atoms with van der Waals surface area (Å²) in [6.45, 7) is 10.6. The number of carbonyl (C=O) groups excluding carboxylic acids is 1. The standard InChI is InChI=1S/C14H25N3O2/c1-5-7-16-11-15-8-13(16)9-17(12(3)4)10-14(18)19-6-2/h8,11-12H,5-7,9-10H2,1-4H3. The van der Waals surface area contributed by atoms with Gasteiger partial charge in [0.15, 0.2) is 0 Å². The first-order valence-electron chi connectivity index (χ1n) is 6.97. The molecule has 0 N–H and O–H groups in total.